The van der Waals surface area contributed by atoms with Crippen molar-refractivity contribution in [2.75, 3.05) is 5.75 Å². The molecule has 0 radical (unpaired) electrons. The zero-order valence-electron chi connectivity index (χ0n) is 10.7. The van der Waals surface area contributed by atoms with E-state index in [1.165, 1.54) is 19.1 Å². The monoisotopic (exact) mass is 295 g/mol. The van der Waals surface area contributed by atoms with E-state index in [0.29, 0.717) is 6.42 Å². The largest absolute Gasteiger partial charge is 0.416 e. The fraction of sp³-hybridized carbons (Fsp3) is 0.500. The summed E-state index contributed by atoms with van der Waals surface area (Å²) in [6.07, 6.45) is -3.98. The van der Waals surface area contributed by atoms with Gasteiger partial charge in [-0.15, -0.1) is 0 Å². The van der Waals surface area contributed by atoms with Crippen LogP contribution in [-0.4, -0.2) is 14.2 Å². The lowest BCUT2D eigenvalue weighted by atomic mass is 10.1. The lowest BCUT2D eigenvalue weighted by Crippen LogP contribution is -2.29. The zero-order chi connectivity index (χ0) is 14.7. The predicted molar refractivity (Wildman–Crippen MR) is 67.1 cm³/mol. The zero-order valence-corrected chi connectivity index (χ0v) is 11.5. The van der Waals surface area contributed by atoms with Gasteiger partial charge < -0.3 is 0 Å². The van der Waals surface area contributed by atoms with Gasteiger partial charge in [-0.05, 0) is 31.0 Å². The van der Waals surface area contributed by atoms with E-state index in [4.69, 9.17) is 0 Å². The van der Waals surface area contributed by atoms with Gasteiger partial charge in [0.05, 0.1) is 11.3 Å². The maximum Gasteiger partial charge on any atom is 0.416 e. The molecule has 7 heteroatoms. The average Bonchev–Trinajstić information content (AvgIpc) is 2.27. The minimum absolute atomic E-state index is 0.0453. The Balaban J connectivity index is 2.92. The molecule has 1 N–H and O–H groups in total. The highest BCUT2D eigenvalue weighted by Gasteiger charge is 2.30. The molecule has 0 bridgehead atoms. The molecular formula is C12H16F3NO2S. The summed E-state index contributed by atoms with van der Waals surface area (Å²) in [6.45, 7) is 3.23. The summed E-state index contributed by atoms with van der Waals surface area (Å²) >= 11 is 0. The van der Waals surface area contributed by atoms with Crippen LogP contribution < -0.4 is 4.72 Å². The fourth-order valence-electron chi connectivity index (χ4n) is 1.65. The molecule has 0 aromatic heterocycles. The van der Waals surface area contributed by atoms with E-state index in [1.807, 2.05) is 0 Å². The summed E-state index contributed by atoms with van der Waals surface area (Å²) in [7, 11) is -3.46. The Bertz CT molecular complexity index is 526. The van der Waals surface area contributed by atoms with E-state index in [1.54, 1.807) is 6.92 Å². The molecule has 0 saturated carbocycles. The molecule has 0 aliphatic carbocycles. The van der Waals surface area contributed by atoms with Gasteiger partial charge in [-0.1, -0.05) is 19.1 Å². The van der Waals surface area contributed by atoms with Crippen LogP contribution in [0.4, 0.5) is 13.2 Å². The van der Waals surface area contributed by atoms with Gasteiger partial charge in [-0.25, -0.2) is 13.1 Å². The second kappa shape index (κ2) is 5.92. The van der Waals surface area contributed by atoms with Crippen LogP contribution in [0.15, 0.2) is 24.3 Å². The number of hydrogen-bond acceptors (Lipinski definition) is 2. The lowest BCUT2D eigenvalue weighted by molar-refractivity contribution is -0.137. The van der Waals surface area contributed by atoms with Gasteiger partial charge in [-0.3, -0.25) is 0 Å². The van der Waals surface area contributed by atoms with Crippen LogP contribution >= 0.6 is 0 Å². The third kappa shape index (κ3) is 4.83. The highest BCUT2D eigenvalue weighted by Crippen LogP contribution is 2.30. The number of sulfonamides is 1. The van der Waals surface area contributed by atoms with Crippen LogP contribution in [0.5, 0.6) is 0 Å². The molecule has 1 rings (SSSR count). The van der Waals surface area contributed by atoms with Gasteiger partial charge in [0.25, 0.3) is 0 Å². The molecule has 0 heterocycles. The van der Waals surface area contributed by atoms with Crippen molar-refractivity contribution in [2.24, 2.45) is 0 Å². The molecule has 3 nitrogen and oxygen atoms in total. The van der Waals surface area contributed by atoms with Crippen molar-refractivity contribution < 1.29 is 21.6 Å². The Morgan fingerprint density at radius 1 is 1.32 bits per heavy atom. The topological polar surface area (TPSA) is 46.2 Å². The van der Waals surface area contributed by atoms with Gasteiger partial charge in [0.1, 0.15) is 0 Å². The van der Waals surface area contributed by atoms with E-state index in [-0.39, 0.29) is 11.3 Å². The average molecular weight is 295 g/mol. The van der Waals surface area contributed by atoms with E-state index in [9.17, 15) is 21.6 Å². The molecule has 1 aromatic carbocycles. The standard InChI is InChI=1S/C12H16F3NO2S/c1-3-7-19(17,18)16-9(2)10-5-4-6-11(8-10)12(13,14)15/h4-6,8-9,16H,3,7H2,1-2H3. The van der Waals surface area contributed by atoms with Gasteiger partial charge in [0, 0.05) is 6.04 Å². The second-order valence-electron chi connectivity index (χ2n) is 4.28. The highest BCUT2D eigenvalue weighted by atomic mass is 32.2. The number of rotatable bonds is 5. The van der Waals surface area contributed by atoms with E-state index < -0.39 is 27.8 Å². The molecule has 0 saturated heterocycles. The van der Waals surface area contributed by atoms with Crippen molar-refractivity contribution in [1.82, 2.24) is 4.72 Å². The molecule has 1 unspecified atom stereocenters. The highest BCUT2D eigenvalue weighted by molar-refractivity contribution is 7.89. The first-order valence-corrected chi connectivity index (χ1v) is 7.48. The minimum Gasteiger partial charge on any atom is -0.212 e. The van der Waals surface area contributed by atoms with Crippen molar-refractivity contribution in [3.8, 4) is 0 Å². The number of hydrogen-bond donors (Lipinski definition) is 1. The summed E-state index contributed by atoms with van der Waals surface area (Å²) in [6, 6.07) is 3.95. The first-order chi connectivity index (χ1) is 8.65. The van der Waals surface area contributed by atoms with Crippen molar-refractivity contribution in [3.63, 3.8) is 0 Å². The summed E-state index contributed by atoms with van der Waals surface area (Å²) in [5, 5.41) is 0. The fourth-order valence-corrected chi connectivity index (χ4v) is 2.98. The Labute approximate surface area is 110 Å². The van der Waals surface area contributed by atoms with Crippen LogP contribution in [0.25, 0.3) is 0 Å². The van der Waals surface area contributed by atoms with Crippen molar-refractivity contribution in [2.45, 2.75) is 32.5 Å². The maximum absolute atomic E-state index is 12.6. The molecule has 19 heavy (non-hydrogen) atoms. The number of halogens is 3. The van der Waals surface area contributed by atoms with Gasteiger partial charge in [0.2, 0.25) is 10.0 Å². The lowest BCUT2D eigenvalue weighted by Gasteiger charge is -2.16. The summed E-state index contributed by atoms with van der Waals surface area (Å²) in [4.78, 5) is 0. The molecule has 108 valence electrons. The van der Waals surface area contributed by atoms with Crippen molar-refractivity contribution >= 4 is 10.0 Å². The molecule has 0 spiro atoms. The Kier molecular flexibility index (Phi) is 4.98. The van der Waals surface area contributed by atoms with Crippen molar-refractivity contribution in [3.05, 3.63) is 35.4 Å². The Hall–Kier alpha value is -1.08. The number of alkyl halides is 3. The normalized spacial score (nSPS) is 14.4. The Morgan fingerprint density at radius 2 is 1.95 bits per heavy atom. The minimum atomic E-state index is -4.43. The van der Waals surface area contributed by atoms with Crippen LogP contribution in [0.3, 0.4) is 0 Å². The first kappa shape index (κ1) is 16.0. The molecule has 0 aliphatic heterocycles. The summed E-state index contributed by atoms with van der Waals surface area (Å²) < 4.78 is 63.1. The molecule has 0 fully saturated rings. The van der Waals surface area contributed by atoms with Crippen molar-refractivity contribution in [1.29, 1.82) is 0 Å². The van der Waals surface area contributed by atoms with Gasteiger partial charge in [-0.2, -0.15) is 13.2 Å². The first-order valence-electron chi connectivity index (χ1n) is 5.83. The van der Waals surface area contributed by atoms with Gasteiger partial charge in [0.15, 0.2) is 0 Å². The molecule has 1 aromatic rings. The molecular weight excluding hydrogens is 279 g/mol. The molecule has 0 amide bonds. The van der Waals surface area contributed by atoms with Crippen LogP contribution in [-0.2, 0) is 16.2 Å². The predicted octanol–water partition coefficient (Wildman–Crippen LogP) is 3.10. The maximum atomic E-state index is 12.6. The van der Waals surface area contributed by atoms with Crippen LogP contribution in [0.1, 0.15) is 37.4 Å². The van der Waals surface area contributed by atoms with Gasteiger partial charge >= 0.3 is 6.18 Å². The Morgan fingerprint density at radius 3 is 2.47 bits per heavy atom. The van der Waals surface area contributed by atoms with Crippen LogP contribution in [0, 0.1) is 0 Å². The van der Waals surface area contributed by atoms with E-state index >= 15 is 0 Å². The number of nitrogens with one attached hydrogen (secondary N) is 1. The quantitative estimate of drug-likeness (QED) is 0.907. The third-order valence-corrected chi connectivity index (χ3v) is 4.20. The second-order valence-corrected chi connectivity index (χ2v) is 6.16. The van der Waals surface area contributed by atoms with E-state index in [0.717, 1.165) is 12.1 Å². The summed E-state index contributed by atoms with van der Waals surface area (Å²) in [5.74, 6) is -0.0453. The van der Waals surface area contributed by atoms with Crippen LogP contribution in [0.2, 0.25) is 0 Å². The molecule has 1 atom stereocenters. The number of benzene rings is 1. The smallest absolute Gasteiger partial charge is 0.212 e. The SMILES string of the molecule is CCCS(=O)(=O)NC(C)c1cccc(C(F)(F)F)c1. The summed E-state index contributed by atoms with van der Waals surface area (Å²) in [5.41, 5.74) is -0.499. The van der Waals surface area contributed by atoms with E-state index in [2.05, 4.69) is 4.72 Å². The third-order valence-electron chi connectivity index (χ3n) is 2.54. The molecule has 0 aliphatic rings.